The molecule has 1 saturated carbocycles. The van der Waals surface area contributed by atoms with Gasteiger partial charge in [0.2, 0.25) is 5.95 Å². The number of nitrogens with one attached hydrogen (secondary N) is 2. The zero-order valence-corrected chi connectivity index (χ0v) is 22.2. The fourth-order valence-electron chi connectivity index (χ4n) is 4.94. The average Bonchev–Trinajstić information content (AvgIpc) is 3.28. The molecule has 1 amide bonds. The number of aryl methyl sites for hydroxylation is 1. The molecule has 2 N–H and O–H groups in total. The Bertz CT molecular complexity index is 1330. The smallest absolute Gasteiger partial charge is 0.257 e. The number of benzene rings is 1. The Morgan fingerprint density at radius 2 is 1.81 bits per heavy atom. The summed E-state index contributed by atoms with van der Waals surface area (Å²) < 4.78 is 5.41. The highest BCUT2D eigenvalue weighted by Crippen LogP contribution is 2.29. The number of rotatable bonds is 9. The molecular weight excluding hydrogens is 464 g/mol. The third-order valence-electron chi connectivity index (χ3n) is 6.92. The van der Waals surface area contributed by atoms with Gasteiger partial charge in [-0.15, -0.1) is 0 Å². The molecule has 0 aliphatic heterocycles. The van der Waals surface area contributed by atoms with Crippen molar-refractivity contribution in [1.82, 2.24) is 20.4 Å². The van der Waals surface area contributed by atoms with Crippen LogP contribution >= 0.6 is 0 Å². The van der Waals surface area contributed by atoms with Gasteiger partial charge in [-0.25, -0.2) is 4.98 Å². The lowest BCUT2D eigenvalue weighted by atomic mass is 9.90. The SMILES string of the molecule is C=C/C(CC)=C(\C=C)c1noc(C)c1C(=O)NC1CCC(Nc2nc(N(C)C)c3ccccc3n2)CC1. The van der Waals surface area contributed by atoms with Gasteiger partial charge >= 0.3 is 0 Å². The number of amides is 1. The zero-order valence-electron chi connectivity index (χ0n) is 22.2. The molecule has 1 aliphatic rings. The van der Waals surface area contributed by atoms with Crippen LogP contribution in [0.5, 0.6) is 0 Å². The van der Waals surface area contributed by atoms with E-state index in [-0.39, 0.29) is 18.0 Å². The summed E-state index contributed by atoms with van der Waals surface area (Å²) in [6.45, 7) is 11.6. The lowest BCUT2D eigenvalue weighted by Gasteiger charge is -2.30. The second-order valence-electron chi connectivity index (χ2n) is 9.61. The summed E-state index contributed by atoms with van der Waals surface area (Å²) in [5, 5.41) is 11.9. The van der Waals surface area contributed by atoms with Gasteiger partial charge in [-0.05, 0) is 56.7 Å². The lowest BCUT2D eigenvalue weighted by Crippen LogP contribution is -2.40. The van der Waals surface area contributed by atoms with Crippen LogP contribution in [0.4, 0.5) is 11.8 Å². The second kappa shape index (κ2) is 11.4. The van der Waals surface area contributed by atoms with Crippen LogP contribution in [-0.2, 0) is 0 Å². The number of anilines is 2. The average molecular weight is 501 g/mol. The minimum atomic E-state index is -0.169. The summed E-state index contributed by atoms with van der Waals surface area (Å²) in [5.74, 6) is 1.85. The van der Waals surface area contributed by atoms with Crippen molar-refractivity contribution < 1.29 is 9.32 Å². The second-order valence-corrected chi connectivity index (χ2v) is 9.61. The molecule has 8 heteroatoms. The first-order valence-corrected chi connectivity index (χ1v) is 12.8. The maximum Gasteiger partial charge on any atom is 0.257 e. The highest BCUT2D eigenvalue weighted by molar-refractivity contribution is 6.00. The summed E-state index contributed by atoms with van der Waals surface area (Å²) in [6.07, 6.45) is 7.76. The minimum absolute atomic E-state index is 0.0729. The van der Waals surface area contributed by atoms with E-state index in [0.29, 0.717) is 23.0 Å². The highest BCUT2D eigenvalue weighted by atomic mass is 16.5. The van der Waals surface area contributed by atoms with Crippen molar-refractivity contribution >= 4 is 34.1 Å². The normalized spacial score (nSPS) is 18.2. The Morgan fingerprint density at radius 1 is 1.11 bits per heavy atom. The predicted octanol–water partition coefficient (Wildman–Crippen LogP) is 5.68. The van der Waals surface area contributed by atoms with E-state index in [0.717, 1.165) is 60.0 Å². The van der Waals surface area contributed by atoms with Gasteiger partial charge in [-0.3, -0.25) is 4.79 Å². The molecule has 0 saturated heterocycles. The molecule has 8 nitrogen and oxygen atoms in total. The van der Waals surface area contributed by atoms with Crippen molar-refractivity contribution in [2.24, 2.45) is 0 Å². The van der Waals surface area contributed by atoms with Gasteiger partial charge in [-0.1, -0.05) is 49.5 Å². The standard InChI is InChI=1S/C29H36N6O2/c1-7-19(8-2)22(9-3)26-25(18(4)37-34-26)28(36)30-20-14-16-21(17-15-20)31-29-32-24-13-11-10-12-23(24)27(33-29)35(5)6/h7,9-13,20-21H,1,3,8,14-17H2,2,4-6H3,(H,30,36)(H,31,32,33)/b22-19-. The zero-order chi connectivity index (χ0) is 26.5. The topological polar surface area (TPSA) is 96.2 Å². The molecule has 37 heavy (non-hydrogen) atoms. The number of nitrogens with zero attached hydrogens (tertiary/aromatic N) is 4. The fraction of sp³-hybridized carbons (Fsp3) is 0.379. The number of fused-ring (bicyclic) bond motifs is 1. The van der Waals surface area contributed by atoms with Crippen molar-refractivity contribution in [1.29, 1.82) is 0 Å². The molecular formula is C29H36N6O2. The van der Waals surface area contributed by atoms with Gasteiger partial charge in [-0.2, -0.15) is 4.98 Å². The van der Waals surface area contributed by atoms with E-state index >= 15 is 0 Å². The van der Waals surface area contributed by atoms with Crippen molar-refractivity contribution in [2.75, 3.05) is 24.3 Å². The largest absolute Gasteiger partial charge is 0.362 e. The maximum absolute atomic E-state index is 13.3. The number of aromatic nitrogens is 3. The van der Waals surface area contributed by atoms with Gasteiger partial charge in [0.25, 0.3) is 5.91 Å². The van der Waals surface area contributed by atoms with Crippen molar-refractivity contribution in [3.63, 3.8) is 0 Å². The molecule has 2 aromatic heterocycles. The Hall–Kier alpha value is -3.94. The van der Waals surface area contributed by atoms with Crippen LogP contribution in [0, 0.1) is 6.92 Å². The molecule has 0 radical (unpaired) electrons. The van der Waals surface area contributed by atoms with Gasteiger partial charge in [0.1, 0.15) is 22.8 Å². The molecule has 194 valence electrons. The van der Waals surface area contributed by atoms with E-state index in [2.05, 4.69) is 28.9 Å². The van der Waals surface area contributed by atoms with Gasteiger partial charge < -0.3 is 20.1 Å². The van der Waals surface area contributed by atoms with Gasteiger partial charge in [0.15, 0.2) is 0 Å². The van der Waals surface area contributed by atoms with Crippen molar-refractivity contribution in [2.45, 2.75) is 58.0 Å². The molecule has 1 aromatic carbocycles. The molecule has 3 aromatic rings. The quantitative estimate of drug-likeness (QED) is 0.365. The van der Waals surface area contributed by atoms with Crippen LogP contribution in [0.1, 0.15) is 60.8 Å². The summed E-state index contributed by atoms with van der Waals surface area (Å²) in [7, 11) is 3.98. The molecule has 1 aliphatic carbocycles. The molecule has 4 rings (SSSR count). The van der Waals surface area contributed by atoms with Crippen molar-refractivity contribution in [3.05, 3.63) is 72.2 Å². The lowest BCUT2D eigenvalue weighted by molar-refractivity contribution is 0.0925. The number of carbonyl (C=O) groups is 1. The number of hydrogen-bond donors (Lipinski definition) is 2. The van der Waals surface area contributed by atoms with Gasteiger partial charge in [0, 0.05) is 37.1 Å². The first-order valence-electron chi connectivity index (χ1n) is 12.8. The van der Waals surface area contributed by atoms with Crippen LogP contribution in [0.2, 0.25) is 0 Å². The monoisotopic (exact) mass is 500 g/mol. The van der Waals surface area contributed by atoms with Crippen LogP contribution in [0.15, 0.2) is 59.7 Å². The Labute approximate surface area is 218 Å². The van der Waals surface area contributed by atoms with E-state index < -0.39 is 0 Å². The van der Waals surface area contributed by atoms with Crippen LogP contribution in [-0.4, -0.2) is 47.2 Å². The summed E-state index contributed by atoms with van der Waals surface area (Å²) in [4.78, 5) is 24.8. The maximum atomic E-state index is 13.3. The summed E-state index contributed by atoms with van der Waals surface area (Å²) in [5.41, 5.74) is 3.64. The van der Waals surface area contributed by atoms with E-state index in [1.807, 2.05) is 50.2 Å². The number of carbonyl (C=O) groups excluding carboxylic acids is 1. The van der Waals surface area contributed by atoms with Crippen LogP contribution in [0.3, 0.4) is 0 Å². The number of allylic oxidation sites excluding steroid dienone is 4. The third kappa shape index (κ3) is 5.58. The molecule has 0 bridgehead atoms. The van der Waals surface area contributed by atoms with E-state index in [9.17, 15) is 4.79 Å². The van der Waals surface area contributed by atoms with Crippen molar-refractivity contribution in [3.8, 4) is 0 Å². The van der Waals surface area contributed by atoms with Crippen LogP contribution < -0.4 is 15.5 Å². The molecule has 0 spiro atoms. The first kappa shape index (κ1) is 26.1. The Balaban J connectivity index is 1.42. The molecule has 0 atom stereocenters. The van der Waals surface area contributed by atoms with Gasteiger partial charge in [0.05, 0.1) is 5.52 Å². The Morgan fingerprint density at radius 3 is 2.46 bits per heavy atom. The summed E-state index contributed by atoms with van der Waals surface area (Å²) >= 11 is 0. The highest BCUT2D eigenvalue weighted by Gasteiger charge is 2.28. The Kier molecular flexibility index (Phi) is 8.06. The fourth-order valence-corrected chi connectivity index (χ4v) is 4.94. The van der Waals surface area contributed by atoms with Crippen LogP contribution in [0.25, 0.3) is 16.5 Å². The third-order valence-corrected chi connectivity index (χ3v) is 6.92. The predicted molar refractivity (Wildman–Crippen MR) is 150 cm³/mol. The number of hydrogen-bond acceptors (Lipinski definition) is 7. The first-order chi connectivity index (χ1) is 17.9. The molecule has 2 heterocycles. The molecule has 0 unspecified atom stereocenters. The van der Waals surface area contributed by atoms with E-state index in [1.54, 1.807) is 19.1 Å². The summed E-state index contributed by atoms with van der Waals surface area (Å²) in [6, 6.07) is 8.36. The minimum Gasteiger partial charge on any atom is -0.362 e. The number of para-hydroxylation sites is 1. The molecule has 1 fully saturated rings. The van der Waals surface area contributed by atoms with E-state index in [1.165, 1.54) is 0 Å². The van der Waals surface area contributed by atoms with E-state index in [4.69, 9.17) is 14.5 Å².